The predicted octanol–water partition coefficient (Wildman–Crippen LogP) is 5.84. The molecule has 0 aliphatic heterocycles. The standard InChI is InChI=1S/C39H45ClN6O6/c1-24-14-15-26(36(48)42-6)19-31(24)46-25(2)18-32(35(40)37(46)49)52-23-28-11-8-7-10-27(28)22-43-38(50)45-34(21-33(41)39(3,4)5)44-29-12-9-13-30(20-29)51-17-16-47/h7-15,18-21,47H,16-17,22-23,41H2,1-6H3,(H,42,48)(H2,43,44,45,50). The lowest BCUT2D eigenvalue weighted by molar-refractivity contribution is 0.0963. The highest BCUT2D eigenvalue weighted by molar-refractivity contribution is 6.31. The van der Waals surface area contributed by atoms with Crippen molar-refractivity contribution in [3.05, 3.63) is 128 Å². The molecule has 0 aliphatic carbocycles. The minimum absolute atomic E-state index is 0.0690. The van der Waals surface area contributed by atoms with Gasteiger partial charge in [0.15, 0.2) is 0 Å². The van der Waals surface area contributed by atoms with E-state index in [0.29, 0.717) is 34.1 Å². The molecule has 0 saturated carbocycles. The number of urea groups is 1. The highest BCUT2D eigenvalue weighted by Gasteiger charge is 2.18. The molecular weight excluding hydrogens is 684 g/mol. The summed E-state index contributed by atoms with van der Waals surface area (Å²) in [5.41, 5.74) is 10.3. The quantitative estimate of drug-likeness (QED) is 0.0902. The van der Waals surface area contributed by atoms with Gasteiger partial charge in [0.25, 0.3) is 11.5 Å². The van der Waals surface area contributed by atoms with Gasteiger partial charge in [-0.3, -0.25) is 19.5 Å². The summed E-state index contributed by atoms with van der Waals surface area (Å²) in [6.45, 7) is 9.69. The number of halogens is 1. The fourth-order valence-corrected chi connectivity index (χ4v) is 5.18. The maximum Gasteiger partial charge on any atom is 0.320 e. The molecule has 12 nitrogen and oxygen atoms in total. The number of allylic oxidation sites excluding steroid dienone is 1. The van der Waals surface area contributed by atoms with Crippen LogP contribution < -0.4 is 36.7 Å². The van der Waals surface area contributed by atoms with Crippen molar-refractivity contribution in [2.45, 2.75) is 47.8 Å². The lowest BCUT2D eigenvalue weighted by Crippen LogP contribution is -2.39. The van der Waals surface area contributed by atoms with Crippen molar-refractivity contribution < 1.29 is 24.2 Å². The number of nitrogens with one attached hydrogen (secondary N) is 3. The summed E-state index contributed by atoms with van der Waals surface area (Å²) in [7, 11) is 1.54. The molecule has 4 aromatic rings. The SMILES string of the molecule is CNC(=O)c1ccc(C)c(-n2c(C)cc(OCc3ccccc3CNC(=O)NC(C=C(N)C(C)(C)C)=Nc3cccc(OCCO)c3)c(Cl)c2=O)c1. The van der Waals surface area contributed by atoms with Crippen LogP contribution in [0.15, 0.2) is 94.4 Å². The Kier molecular flexibility index (Phi) is 13.2. The molecule has 0 fully saturated rings. The van der Waals surface area contributed by atoms with E-state index in [-0.39, 0.29) is 54.3 Å². The number of amidine groups is 1. The first-order chi connectivity index (χ1) is 24.7. The minimum atomic E-state index is -0.516. The first-order valence-corrected chi connectivity index (χ1v) is 17.0. The van der Waals surface area contributed by atoms with E-state index >= 15 is 0 Å². The molecule has 0 atom stereocenters. The van der Waals surface area contributed by atoms with E-state index in [0.717, 1.165) is 16.7 Å². The predicted molar refractivity (Wildman–Crippen MR) is 204 cm³/mol. The van der Waals surface area contributed by atoms with Gasteiger partial charge in [-0.2, -0.15) is 0 Å². The van der Waals surface area contributed by atoms with Crippen LogP contribution in [0.25, 0.3) is 5.69 Å². The van der Waals surface area contributed by atoms with Crippen LogP contribution >= 0.6 is 11.6 Å². The molecule has 52 heavy (non-hydrogen) atoms. The van der Waals surface area contributed by atoms with E-state index in [4.69, 9.17) is 31.9 Å². The molecule has 0 spiro atoms. The number of hydrogen-bond acceptors (Lipinski definition) is 8. The zero-order valence-corrected chi connectivity index (χ0v) is 30.9. The highest BCUT2D eigenvalue weighted by Crippen LogP contribution is 2.27. The maximum atomic E-state index is 13.5. The molecular formula is C39H45ClN6O6. The van der Waals surface area contributed by atoms with Gasteiger partial charge in [0.2, 0.25) is 0 Å². The van der Waals surface area contributed by atoms with Gasteiger partial charge >= 0.3 is 6.03 Å². The number of aromatic nitrogens is 1. The number of aryl methyl sites for hydroxylation is 2. The molecule has 6 N–H and O–H groups in total. The number of aliphatic imine (C=N–C) groups is 1. The molecule has 1 aromatic heterocycles. The Labute approximate surface area is 308 Å². The second-order valence-electron chi connectivity index (χ2n) is 13.0. The maximum absolute atomic E-state index is 13.5. The van der Waals surface area contributed by atoms with Crippen LogP contribution in [-0.4, -0.2) is 47.7 Å². The highest BCUT2D eigenvalue weighted by atomic mass is 35.5. The fraction of sp³-hybridized carbons (Fsp3) is 0.282. The van der Waals surface area contributed by atoms with Crippen LogP contribution in [-0.2, 0) is 13.2 Å². The number of ether oxygens (including phenoxy) is 2. The Morgan fingerprint density at radius 3 is 2.42 bits per heavy atom. The summed E-state index contributed by atoms with van der Waals surface area (Å²) in [6.07, 6.45) is 1.61. The smallest absolute Gasteiger partial charge is 0.320 e. The summed E-state index contributed by atoms with van der Waals surface area (Å²) >= 11 is 6.57. The van der Waals surface area contributed by atoms with Crippen molar-refractivity contribution in [1.82, 2.24) is 20.5 Å². The van der Waals surface area contributed by atoms with Crippen LogP contribution in [0.3, 0.4) is 0 Å². The van der Waals surface area contributed by atoms with Crippen LogP contribution in [0.1, 0.15) is 53.5 Å². The van der Waals surface area contributed by atoms with Gasteiger partial charge in [-0.25, -0.2) is 9.79 Å². The van der Waals surface area contributed by atoms with Crippen LogP contribution in [0, 0.1) is 19.3 Å². The Hall–Kier alpha value is -5.59. The summed E-state index contributed by atoms with van der Waals surface area (Å²) in [5, 5.41) is 17.2. The summed E-state index contributed by atoms with van der Waals surface area (Å²) in [6, 6.07) is 20.6. The molecule has 0 saturated heterocycles. The molecule has 4 rings (SSSR count). The fourth-order valence-electron chi connectivity index (χ4n) is 4.99. The van der Waals surface area contributed by atoms with Gasteiger partial charge in [0, 0.05) is 54.2 Å². The van der Waals surface area contributed by atoms with Crippen molar-refractivity contribution in [3.63, 3.8) is 0 Å². The number of aliphatic hydroxyl groups is 1. The molecule has 0 aliphatic rings. The third kappa shape index (κ3) is 10.2. The summed E-state index contributed by atoms with van der Waals surface area (Å²) in [4.78, 5) is 43.5. The van der Waals surface area contributed by atoms with Gasteiger partial charge in [-0.1, -0.05) is 68.8 Å². The Morgan fingerprint density at radius 2 is 1.73 bits per heavy atom. The number of aliphatic hydroxyl groups excluding tert-OH is 1. The summed E-state index contributed by atoms with van der Waals surface area (Å²) in [5.74, 6) is 0.671. The van der Waals surface area contributed by atoms with E-state index < -0.39 is 11.6 Å². The topological polar surface area (TPSA) is 169 Å². The summed E-state index contributed by atoms with van der Waals surface area (Å²) < 4.78 is 13.0. The van der Waals surface area contributed by atoms with Crippen molar-refractivity contribution >= 4 is 35.1 Å². The largest absolute Gasteiger partial charge is 0.491 e. The monoisotopic (exact) mass is 728 g/mol. The van der Waals surface area contributed by atoms with Crippen molar-refractivity contribution in [2.24, 2.45) is 16.1 Å². The average molecular weight is 729 g/mol. The van der Waals surface area contributed by atoms with Gasteiger partial charge in [-0.15, -0.1) is 0 Å². The number of nitrogens with two attached hydrogens (primary N) is 1. The molecule has 3 amide bonds. The Morgan fingerprint density at radius 1 is 1.00 bits per heavy atom. The van der Waals surface area contributed by atoms with E-state index in [2.05, 4.69) is 20.9 Å². The zero-order chi connectivity index (χ0) is 38.0. The number of pyridine rings is 1. The van der Waals surface area contributed by atoms with Gasteiger partial charge in [0.1, 0.15) is 35.6 Å². The van der Waals surface area contributed by atoms with E-state index in [1.807, 2.05) is 52.0 Å². The second kappa shape index (κ2) is 17.6. The average Bonchev–Trinajstić information content (AvgIpc) is 3.11. The molecule has 0 bridgehead atoms. The van der Waals surface area contributed by atoms with Crippen LogP contribution in [0.5, 0.6) is 11.5 Å². The first-order valence-electron chi connectivity index (χ1n) is 16.6. The lowest BCUT2D eigenvalue weighted by Gasteiger charge is -2.19. The Balaban J connectivity index is 1.50. The van der Waals surface area contributed by atoms with Crippen molar-refractivity contribution in [3.8, 4) is 17.2 Å². The van der Waals surface area contributed by atoms with E-state index in [1.165, 1.54) is 4.57 Å². The molecule has 1 heterocycles. The number of carbonyl (C=O) groups excluding carboxylic acids is 2. The van der Waals surface area contributed by atoms with E-state index in [9.17, 15) is 14.4 Å². The Bertz CT molecular complexity index is 2050. The third-order valence-corrected chi connectivity index (χ3v) is 8.36. The lowest BCUT2D eigenvalue weighted by atomic mass is 9.92. The number of benzene rings is 3. The molecule has 13 heteroatoms. The number of hydrogen-bond donors (Lipinski definition) is 5. The normalized spacial score (nSPS) is 11.9. The van der Waals surface area contributed by atoms with E-state index in [1.54, 1.807) is 68.6 Å². The van der Waals surface area contributed by atoms with Gasteiger partial charge in [-0.05, 0) is 54.8 Å². The number of rotatable bonds is 12. The molecule has 3 aromatic carbocycles. The van der Waals surface area contributed by atoms with Gasteiger partial charge < -0.3 is 30.9 Å². The zero-order valence-electron chi connectivity index (χ0n) is 30.2. The van der Waals surface area contributed by atoms with Crippen molar-refractivity contribution in [1.29, 1.82) is 0 Å². The number of nitrogens with zero attached hydrogens (tertiary/aromatic N) is 2. The molecule has 274 valence electrons. The first kappa shape index (κ1) is 39.2. The van der Waals surface area contributed by atoms with Crippen LogP contribution in [0.2, 0.25) is 5.02 Å². The van der Waals surface area contributed by atoms with Crippen LogP contribution in [0.4, 0.5) is 10.5 Å². The molecule has 0 radical (unpaired) electrons. The number of carbonyl (C=O) groups is 2. The second-order valence-corrected chi connectivity index (χ2v) is 13.3. The van der Waals surface area contributed by atoms with Gasteiger partial charge in [0.05, 0.1) is 18.0 Å². The minimum Gasteiger partial charge on any atom is -0.491 e. The molecule has 0 unspecified atom stereocenters. The third-order valence-electron chi connectivity index (χ3n) is 8.01. The number of amides is 3. The van der Waals surface area contributed by atoms with Crippen molar-refractivity contribution in [2.75, 3.05) is 20.3 Å².